The number of benzene rings is 8. The lowest BCUT2D eigenvalue weighted by Crippen LogP contribution is -2.00. The van der Waals surface area contributed by atoms with Crippen LogP contribution in [0.2, 0.25) is 0 Å². The Balaban J connectivity index is 0.921. The standard InChI is InChI=1S/C51H30N4OS/c1-3-11-32(12-4-1)49-52-50(33-13-5-2-6-14-33)54-51(53-49)35-22-26-38-37-25-21-34(29-44(37)56-45(38)30-35)31-19-23-36(24-20-31)55-42-17-9-7-16-41(42)47-43(55)28-27-40-39-15-8-10-18-46(39)57-48(40)47/h1-30H. The van der Waals surface area contributed by atoms with E-state index in [1.54, 1.807) is 0 Å². The number of fused-ring (bicyclic) bond motifs is 10. The molecule has 12 rings (SSSR count). The van der Waals surface area contributed by atoms with Gasteiger partial charge < -0.3 is 8.98 Å². The molecular formula is C51H30N4OS. The maximum absolute atomic E-state index is 6.57. The van der Waals surface area contributed by atoms with E-state index in [9.17, 15) is 0 Å². The first kappa shape index (κ1) is 31.9. The van der Waals surface area contributed by atoms with Crippen molar-refractivity contribution in [3.63, 3.8) is 0 Å². The Hall–Kier alpha value is -7.41. The van der Waals surface area contributed by atoms with Gasteiger partial charge in [-0.1, -0.05) is 127 Å². The number of nitrogens with zero attached hydrogens (tertiary/aromatic N) is 4. The molecule has 0 aliphatic rings. The van der Waals surface area contributed by atoms with E-state index < -0.39 is 0 Å². The van der Waals surface area contributed by atoms with E-state index in [2.05, 4.69) is 120 Å². The first-order valence-electron chi connectivity index (χ1n) is 19.0. The number of para-hydroxylation sites is 1. The highest BCUT2D eigenvalue weighted by atomic mass is 32.1. The second kappa shape index (κ2) is 12.6. The van der Waals surface area contributed by atoms with Gasteiger partial charge in [-0.3, -0.25) is 0 Å². The molecular weight excluding hydrogens is 717 g/mol. The van der Waals surface area contributed by atoms with Gasteiger partial charge in [0.1, 0.15) is 11.2 Å². The number of furan rings is 1. The Morgan fingerprint density at radius 3 is 1.63 bits per heavy atom. The molecule has 0 bridgehead atoms. The van der Waals surface area contributed by atoms with Crippen molar-refractivity contribution in [3.8, 4) is 51.0 Å². The van der Waals surface area contributed by atoms with Gasteiger partial charge in [-0.25, -0.2) is 15.0 Å². The summed E-state index contributed by atoms with van der Waals surface area (Å²) in [6.07, 6.45) is 0. The van der Waals surface area contributed by atoms with Gasteiger partial charge in [0, 0.05) is 64.1 Å². The Morgan fingerprint density at radius 2 is 0.930 bits per heavy atom. The molecule has 0 fully saturated rings. The zero-order chi connectivity index (χ0) is 37.5. The molecule has 0 radical (unpaired) electrons. The molecule has 0 aliphatic heterocycles. The number of thiophene rings is 1. The summed E-state index contributed by atoms with van der Waals surface area (Å²) >= 11 is 1.88. The molecule has 4 heterocycles. The SMILES string of the molecule is c1ccc(-c2nc(-c3ccccc3)nc(-c3ccc4c(c3)oc3cc(-c5ccc(-n6c7ccccc7c7c8sc9ccccc9c8ccc76)cc5)ccc34)n2)cc1. The van der Waals surface area contributed by atoms with Gasteiger partial charge >= 0.3 is 0 Å². The van der Waals surface area contributed by atoms with E-state index in [0.29, 0.717) is 17.5 Å². The molecule has 8 aromatic carbocycles. The molecule has 0 saturated carbocycles. The highest BCUT2D eigenvalue weighted by Gasteiger charge is 2.18. The molecule has 0 spiro atoms. The number of rotatable bonds is 5. The third-order valence-corrected chi connectivity index (χ3v) is 12.3. The highest BCUT2D eigenvalue weighted by molar-refractivity contribution is 7.26. The van der Waals surface area contributed by atoms with Crippen molar-refractivity contribution in [2.75, 3.05) is 0 Å². The summed E-state index contributed by atoms with van der Waals surface area (Å²) in [6.45, 7) is 0. The summed E-state index contributed by atoms with van der Waals surface area (Å²) in [4.78, 5) is 14.7. The summed E-state index contributed by atoms with van der Waals surface area (Å²) in [5.74, 6) is 1.86. The smallest absolute Gasteiger partial charge is 0.164 e. The molecule has 0 amide bonds. The van der Waals surface area contributed by atoms with Gasteiger partial charge in [-0.2, -0.15) is 0 Å². The zero-order valence-electron chi connectivity index (χ0n) is 30.4. The molecule has 12 aromatic rings. The predicted molar refractivity (Wildman–Crippen MR) is 236 cm³/mol. The molecule has 266 valence electrons. The first-order valence-corrected chi connectivity index (χ1v) is 19.8. The summed E-state index contributed by atoms with van der Waals surface area (Å²) in [5, 5.41) is 7.35. The molecule has 0 saturated heterocycles. The van der Waals surface area contributed by atoms with Crippen molar-refractivity contribution in [3.05, 3.63) is 182 Å². The maximum Gasteiger partial charge on any atom is 0.164 e. The van der Waals surface area contributed by atoms with E-state index >= 15 is 0 Å². The van der Waals surface area contributed by atoms with E-state index in [4.69, 9.17) is 19.4 Å². The molecule has 5 nitrogen and oxygen atoms in total. The van der Waals surface area contributed by atoms with E-state index in [1.165, 1.54) is 42.0 Å². The average Bonchev–Trinajstić information content (AvgIpc) is 3.96. The van der Waals surface area contributed by atoms with Crippen LogP contribution in [0.15, 0.2) is 186 Å². The Bertz CT molecular complexity index is 3450. The van der Waals surface area contributed by atoms with Crippen molar-refractivity contribution < 1.29 is 4.42 Å². The Morgan fingerprint density at radius 1 is 0.386 bits per heavy atom. The van der Waals surface area contributed by atoms with Crippen LogP contribution < -0.4 is 0 Å². The lowest BCUT2D eigenvalue weighted by Gasteiger charge is -2.09. The molecule has 0 aliphatic carbocycles. The third-order valence-electron chi connectivity index (χ3n) is 11.1. The molecule has 0 N–H and O–H groups in total. The van der Waals surface area contributed by atoms with Crippen LogP contribution in [0.3, 0.4) is 0 Å². The summed E-state index contributed by atoms with van der Waals surface area (Å²) in [7, 11) is 0. The van der Waals surface area contributed by atoms with Crippen molar-refractivity contribution in [1.82, 2.24) is 19.5 Å². The summed E-state index contributed by atoms with van der Waals surface area (Å²) in [5.41, 5.74) is 10.1. The van der Waals surface area contributed by atoms with Crippen LogP contribution in [0.25, 0.3) is 115 Å². The van der Waals surface area contributed by atoms with Crippen LogP contribution in [0.5, 0.6) is 0 Å². The largest absolute Gasteiger partial charge is 0.456 e. The molecule has 4 aromatic heterocycles. The zero-order valence-corrected chi connectivity index (χ0v) is 31.2. The minimum atomic E-state index is 0.599. The normalized spacial score (nSPS) is 11.9. The fourth-order valence-corrected chi connectivity index (χ4v) is 9.61. The van der Waals surface area contributed by atoms with Gasteiger partial charge in [-0.15, -0.1) is 11.3 Å². The van der Waals surface area contributed by atoms with Crippen molar-refractivity contribution in [2.45, 2.75) is 0 Å². The fourth-order valence-electron chi connectivity index (χ4n) is 8.35. The summed E-state index contributed by atoms with van der Waals surface area (Å²) < 4.78 is 11.6. The predicted octanol–water partition coefficient (Wildman–Crippen LogP) is 13.9. The van der Waals surface area contributed by atoms with Gasteiger partial charge in [-0.05, 0) is 65.7 Å². The van der Waals surface area contributed by atoms with Gasteiger partial charge in [0.15, 0.2) is 17.5 Å². The van der Waals surface area contributed by atoms with Gasteiger partial charge in [0.2, 0.25) is 0 Å². The summed E-state index contributed by atoms with van der Waals surface area (Å²) in [6, 6.07) is 63.7. The molecule has 57 heavy (non-hydrogen) atoms. The number of aromatic nitrogens is 4. The quantitative estimate of drug-likeness (QED) is 0.176. The lowest BCUT2D eigenvalue weighted by molar-refractivity contribution is 0.669. The van der Waals surface area contributed by atoms with E-state index in [1.807, 2.05) is 78.1 Å². The van der Waals surface area contributed by atoms with Crippen LogP contribution in [-0.2, 0) is 0 Å². The second-order valence-corrected chi connectivity index (χ2v) is 15.4. The lowest BCUT2D eigenvalue weighted by atomic mass is 10.0. The van der Waals surface area contributed by atoms with Crippen molar-refractivity contribution in [1.29, 1.82) is 0 Å². The minimum absolute atomic E-state index is 0.599. The molecule has 6 heteroatoms. The monoisotopic (exact) mass is 746 g/mol. The Labute approximate surface area is 330 Å². The van der Waals surface area contributed by atoms with E-state index in [0.717, 1.165) is 55.4 Å². The van der Waals surface area contributed by atoms with Gasteiger partial charge in [0.05, 0.1) is 11.0 Å². The minimum Gasteiger partial charge on any atom is -0.456 e. The van der Waals surface area contributed by atoms with Crippen LogP contribution in [0.1, 0.15) is 0 Å². The second-order valence-electron chi connectivity index (χ2n) is 14.4. The van der Waals surface area contributed by atoms with Crippen LogP contribution in [0.4, 0.5) is 0 Å². The Kier molecular flexibility index (Phi) is 7.03. The van der Waals surface area contributed by atoms with Crippen LogP contribution in [-0.4, -0.2) is 19.5 Å². The molecule has 0 unspecified atom stereocenters. The fraction of sp³-hybridized carbons (Fsp3) is 0. The first-order chi connectivity index (χ1) is 28.2. The average molecular weight is 747 g/mol. The maximum atomic E-state index is 6.57. The van der Waals surface area contributed by atoms with Crippen LogP contribution >= 0.6 is 11.3 Å². The number of hydrogen-bond donors (Lipinski definition) is 0. The van der Waals surface area contributed by atoms with Crippen molar-refractivity contribution >= 4 is 75.3 Å². The van der Waals surface area contributed by atoms with E-state index in [-0.39, 0.29) is 0 Å². The highest BCUT2D eigenvalue weighted by Crippen LogP contribution is 2.43. The van der Waals surface area contributed by atoms with Crippen molar-refractivity contribution in [2.24, 2.45) is 0 Å². The van der Waals surface area contributed by atoms with Crippen LogP contribution in [0, 0.1) is 0 Å². The topological polar surface area (TPSA) is 56.7 Å². The molecule has 0 atom stereocenters. The number of hydrogen-bond acceptors (Lipinski definition) is 5. The third kappa shape index (κ3) is 5.12. The van der Waals surface area contributed by atoms with Gasteiger partial charge in [0.25, 0.3) is 0 Å².